The fourth-order valence-electron chi connectivity index (χ4n) is 2.33. The highest BCUT2D eigenvalue weighted by atomic mass is 16.5. The first-order chi connectivity index (χ1) is 6.86. The first-order valence-electron chi connectivity index (χ1n) is 5.78. The molecule has 3 atom stereocenters. The van der Waals surface area contributed by atoms with Gasteiger partial charge in [0.15, 0.2) is 0 Å². The van der Waals surface area contributed by atoms with Crippen molar-refractivity contribution < 1.29 is 9.47 Å². The molecule has 2 saturated heterocycles. The summed E-state index contributed by atoms with van der Waals surface area (Å²) in [5.41, 5.74) is 0. The molecule has 3 heteroatoms. The van der Waals surface area contributed by atoms with Gasteiger partial charge in [0.25, 0.3) is 0 Å². The molecular formula is C11H21NO2. The van der Waals surface area contributed by atoms with Gasteiger partial charge >= 0.3 is 0 Å². The van der Waals surface area contributed by atoms with Crippen LogP contribution in [-0.4, -0.2) is 38.5 Å². The summed E-state index contributed by atoms with van der Waals surface area (Å²) < 4.78 is 10.8. The zero-order valence-corrected chi connectivity index (χ0v) is 9.00. The van der Waals surface area contributed by atoms with E-state index in [2.05, 4.69) is 12.2 Å². The topological polar surface area (TPSA) is 30.5 Å². The Morgan fingerprint density at radius 2 is 2.00 bits per heavy atom. The van der Waals surface area contributed by atoms with Gasteiger partial charge in [-0.3, -0.25) is 0 Å². The third-order valence-corrected chi connectivity index (χ3v) is 3.33. The van der Waals surface area contributed by atoms with Gasteiger partial charge in [-0.25, -0.2) is 0 Å². The summed E-state index contributed by atoms with van der Waals surface area (Å²) >= 11 is 0. The Bertz CT molecular complexity index is 163. The summed E-state index contributed by atoms with van der Waals surface area (Å²) in [5, 5.41) is 3.66. The summed E-state index contributed by atoms with van der Waals surface area (Å²) in [6.45, 7) is 5.98. The van der Waals surface area contributed by atoms with Crippen molar-refractivity contribution in [1.29, 1.82) is 0 Å². The van der Waals surface area contributed by atoms with E-state index in [1.54, 1.807) is 0 Å². The van der Waals surface area contributed by atoms with Gasteiger partial charge in [-0.05, 0) is 32.1 Å². The first kappa shape index (κ1) is 10.4. The highest BCUT2D eigenvalue weighted by molar-refractivity contribution is 4.80. The summed E-state index contributed by atoms with van der Waals surface area (Å²) in [7, 11) is 0. The van der Waals surface area contributed by atoms with E-state index in [9.17, 15) is 0 Å². The zero-order valence-electron chi connectivity index (χ0n) is 9.00. The molecule has 2 aliphatic rings. The Kier molecular flexibility index (Phi) is 3.79. The van der Waals surface area contributed by atoms with Gasteiger partial charge < -0.3 is 14.8 Å². The lowest BCUT2D eigenvalue weighted by Crippen LogP contribution is -2.45. The van der Waals surface area contributed by atoms with Crippen molar-refractivity contribution in [2.45, 2.75) is 38.3 Å². The van der Waals surface area contributed by atoms with Crippen molar-refractivity contribution in [2.24, 2.45) is 5.92 Å². The second-order valence-corrected chi connectivity index (χ2v) is 4.49. The first-order valence-corrected chi connectivity index (χ1v) is 5.78. The lowest BCUT2D eigenvalue weighted by molar-refractivity contribution is 0.0633. The highest BCUT2D eigenvalue weighted by Gasteiger charge is 2.24. The largest absolute Gasteiger partial charge is 0.381 e. The quantitative estimate of drug-likeness (QED) is 0.740. The van der Waals surface area contributed by atoms with Gasteiger partial charge in [0.1, 0.15) is 0 Å². The number of hydrogen-bond donors (Lipinski definition) is 1. The normalized spacial score (nSPS) is 35.8. The Hall–Kier alpha value is -0.120. The predicted molar refractivity (Wildman–Crippen MR) is 55.4 cm³/mol. The van der Waals surface area contributed by atoms with Crippen LogP contribution in [0.1, 0.15) is 26.2 Å². The second kappa shape index (κ2) is 5.10. The summed E-state index contributed by atoms with van der Waals surface area (Å²) in [4.78, 5) is 0. The average Bonchev–Trinajstić information content (AvgIpc) is 2.72. The van der Waals surface area contributed by atoms with Crippen LogP contribution in [0, 0.1) is 5.92 Å². The van der Waals surface area contributed by atoms with Crippen molar-refractivity contribution in [3.63, 3.8) is 0 Å². The molecule has 2 heterocycles. The summed E-state index contributed by atoms with van der Waals surface area (Å²) in [5.74, 6) is 0.705. The third-order valence-electron chi connectivity index (χ3n) is 3.33. The lowest BCUT2D eigenvalue weighted by Gasteiger charge is -2.29. The van der Waals surface area contributed by atoms with Crippen LogP contribution in [0.25, 0.3) is 0 Å². The number of hydrogen-bond acceptors (Lipinski definition) is 3. The molecule has 0 aliphatic carbocycles. The minimum atomic E-state index is 0.569. The lowest BCUT2D eigenvalue weighted by atomic mass is 9.99. The molecule has 0 bridgehead atoms. The van der Waals surface area contributed by atoms with Gasteiger partial charge in [0.05, 0.1) is 13.2 Å². The van der Waals surface area contributed by atoms with E-state index in [0.717, 1.165) is 26.4 Å². The molecule has 0 amide bonds. The molecule has 3 unspecified atom stereocenters. The Labute approximate surface area is 86.2 Å². The molecule has 3 nitrogen and oxygen atoms in total. The van der Waals surface area contributed by atoms with Gasteiger partial charge in [-0.15, -0.1) is 0 Å². The molecule has 82 valence electrons. The maximum atomic E-state index is 5.45. The molecule has 2 rings (SSSR count). The predicted octanol–water partition coefficient (Wildman–Crippen LogP) is 1.18. The van der Waals surface area contributed by atoms with Crippen LogP contribution < -0.4 is 5.32 Å². The summed E-state index contributed by atoms with van der Waals surface area (Å²) in [6.07, 6.45) is 3.67. The molecule has 0 aromatic rings. The fourth-order valence-corrected chi connectivity index (χ4v) is 2.33. The fraction of sp³-hybridized carbons (Fsp3) is 1.00. The molecule has 2 aliphatic heterocycles. The SMILES string of the molecule is CC(NC1CCCOC1)C1CCOC1. The van der Waals surface area contributed by atoms with Crippen LogP contribution in [0.2, 0.25) is 0 Å². The number of nitrogens with one attached hydrogen (secondary N) is 1. The van der Waals surface area contributed by atoms with Gasteiger partial charge in [0, 0.05) is 25.3 Å². The molecule has 1 N–H and O–H groups in total. The molecule has 14 heavy (non-hydrogen) atoms. The zero-order chi connectivity index (χ0) is 9.80. The molecule has 0 radical (unpaired) electrons. The van der Waals surface area contributed by atoms with Crippen LogP contribution in [0.4, 0.5) is 0 Å². The highest BCUT2D eigenvalue weighted by Crippen LogP contribution is 2.18. The Balaban J connectivity index is 1.72. The van der Waals surface area contributed by atoms with Gasteiger partial charge in [-0.1, -0.05) is 0 Å². The van der Waals surface area contributed by atoms with E-state index >= 15 is 0 Å². The van der Waals surface area contributed by atoms with Crippen LogP contribution in [-0.2, 0) is 9.47 Å². The van der Waals surface area contributed by atoms with Crippen molar-refractivity contribution >= 4 is 0 Å². The van der Waals surface area contributed by atoms with Crippen LogP contribution >= 0.6 is 0 Å². The molecule has 0 aromatic carbocycles. The smallest absolute Gasteiger partial charge is 0.0619 e. The number of rotatable bonds is 3. The minimum Gasteiger partial charge on any atom is -0.381 e. The van der Waals surface area contributed by atoms with E-state index in [0.29, 0.717) is 18.0 Å². The van der Waals surface area contributed by atoms with Gasteiger partial charge in [-0.2, -0.15) is 0 Å². The van der Waals surface area contributed by atoms with Crippen LogP contribution in [0.5, 0.6) is 0 Å². The van der Waals surface area contributed by atoms with E-state index in [1.165, 1.54) is 19.3 Å². The molecule has 0 aromatic heterocycles. The van der Waals surface area contributed by atoms with E-state index < -0.39 is 0 Å². The average molecular weight is 199 g/mol. The minimum absolute atomic E-state index is 0.569. The van der Waals surface area contributed by atoms with E-state index in [-0.39, 0.29) is 0 Å². The van der Waals surface area contributed by atoms with Gasteiger partial charge in [0.2, 0.25) is 0 Å². The molecule has 0 spiro atoms. The maximum Gasteiger partial charge on any atom is 0.0619 e. The standard InChI is InChI=1S/C11H21NO2/c1-9(10-4-6-14-7-10)12-11-3-2-5-13-8-11/h9-12H,2-8H2,1H3. The number of ether oxygens (including phenoxy) is 2. The second-order valence-electron chi connectivity index (χ2n) is 4.49. The maximum absolute atomic E-state index is 5.45. The van der Waals surface area contributed by atoms with E-state index in [4.69, 9.17) is 9.47 Å². The van der Waals surface area contributed by atoms with Crippen molar-refractivity contribution in [2.75, 3.05) is 26.4 Å². The van der Waals surface area contributed by atoms with Crippen LogP contribution in [0.15, 0.2) is 0 Å². The van der Waals surface area contributed by atoms with Crippen LogP contribution in [0.3, 0.4) is 0 Å². The Morgan fingerprint density at radius 3 is 2.64 bits per heavy atom. The summed E-state index contributed by atoms with van der Waals surface area (Å²) in [6, 6.07) is 1.14. The molecule has 0 saturated carbocycles. The Morgan fingerprint density at radius 1 is 1.14 bits per heavy atom. The van der Waals surface area contributed by atoms with Crippen molar-refractivity contribution in [1.82, 2.24) is 5.32 Å². The van der Waals surface area contributed by atoms with E-state index in [1.807, 2.05) is 0 Å². The molecular weight excluding hydrogens is 178 g/mol. The molecule has 2 fully saturated rings. The van der Waals surface area contributed by atoms with Crippen molar-refractivity contribution in [3.05, 3.63) is 0 Å². The third kappa shape index (κ3) is 2.69. The van der Waals surface area contributed by atoms with Crippen molar-refractivity contribution in [3.8, 4) is 0 Å². The monoisotopic (exact) mass is 199 g/mol.